The number of aliphatic hydroxyl groups excluding tert-OH is 1. The molecule has 0 spiro atoms. The highest BCUT2D eigenvalue weighted by atomic mass is 16.4. The van der Waals surface area contributed by atoms with Crippen LogP contribution in [0.1, 0.15) is 34.1 Å². The summed E-state index contributed by atoms with van der Waals surface area (Å²) in [6.07, 6.45) is -0.659. The fourth-order valence-corrected chi connectivity index (χ4v) is 2.82. The standard InChI is InChI=1S/C14H26N2O4/c1-8(2)11(9(3)4)6-15-14(20)16-7-10(17)5-12(16)13(18)19/h8-12,17H,5-7H2,1-4H3,(H,15,20)(H,18,19)/t10?,12-/m0/s1. The second kappa shape index (κ2) is 6.92. The smallest absolute Gasteiger partial charge is 0.326 e. The molecule has 1 saturated heterocycles. The Morgan fingerprint density at radius 3 is 2.25 bits per heavy atom. The highest BCUT2D eigenvalue weighted by Gasteiger charge is 2.39. The maximum absolute atomic E-state index is 12.1. The number of likely N-dealkylation sites (tertiary alicyclic amines) is 1. The van der Waals surface area contributed by atoms with Gasteiger partial charge in [0, 0.05) is 19.5 Å². The van der Waals surface area contributed by atoms with Crippen molar-refractivity contribution < 1.29 is 19.8 Å². The Hall–Kier alpha value is -1.30. The number of hydrogen-bond donors (Lipinski definition) is 3. The molecular weight excluding hydrogens is 260 g/mol. The van der Waals surface area contributed by atoms with Crippen molar-refractivity contribution in [1.82, 2.24) is 10.2 Å². The fraction of sp³-hybridized carbons (Fsp3) is 0.857. The number of carboxylic acids is 1. The van der Waals surface area contributed by atoms with Crippen LogP contribution in [0.4, 0.5) is 4.79 Å². The molecule has 1 heterocycles. The van der Waals surface area contributed by atoms with Gasteiger partial charge in [0.25, 0.3) is 0 Å². The third-order valence-corrected chi connectivity index (χ3v) is 4.03. The van der Waals surface area contributed by atoms with Crippen molar-refractivity contribution >= 4 is 12.0 Å². The molecule has 3 N–H and O–H groups in total. The van der Waals surface area contributed by atoms with Crippen LogP contribution in [0.15, 0.2) is 0 Å². The number of carboxylic acid groups (broad SMARTS) is 1. The van der Waals surface area contributed by atoms with Crippen LogP contribution < -0.4 is 5.32 Å². The summed E-state index contributed by atoms with van der Waals surface area (Å²) < 4.78 is 0. The lowest BCUT2D eigenvalue weighted by molar-refractivity contribution is -0.141. The van der Waals surface area contributed by atoms with Crippen molar-refractivity contribution in [2.45, 2.75) is 46.3 Å². The summed E-state index contributed by atoms with van der Waals surface area (Å²) in [5.74, 6) is 0.153. The lowest BCUT2D eigenvalue weighted by Crippen LogP contribution is -2.48. The van der Waals surface area contributed by atoms with Crippen LogP contribution in [0.5, 0.6) is 0 Å². The first-order chi connectivity index (χ1) is 9.23. The predicted octanol–water partition coefficient (Wildman–Crippen LogP) is 1.14. The lowest BCUT2D eigenvalue weighted by atomic mass is 9.85. The van der Waals surface area contributed by atoms with Crippen molar-refractivity contribution in [3.8, 4) is 0 Å². The molecule has 1 aliphatic heterocycles. The van der Waals surface area contributed by atoms with Gasteiger partial charge in [0.2, 0.25) is 0 Å². The molecule has 0 bridgehead atoms. The summed E-state index contributed by atoms with van der Waals surface area (Å²) >= 11 is 0. The van der Waals surface area contributed by atoms with E-state index >= 15 is 0 Å². The topological polar surface area (TPSA) is 89.9 Å². The Labute approximate surface area is 120 Å². The van der Waals surface area contributed by atoms with Crippen LogP contribution >= 0.6 is 0 Å². The van der Waals surface area contributed by atoms with E-state index in [0.29, 0.717) is 24.3 Å². The minimum atomic E-state index is -1.07. The van der Waals surface area contributed by atoms with Gasteiger partial charge < -0.3 is 20.4 Å². The second-order valence-electron chi connectivity index (χ2n) is 6.23. The number of β-amino-alcohol motifs (C(OH)–C–C–N with tert-alkyl or cyclic N) is 1. The average Bonchev–Trinajstić information content (AvgIpc) is 2.70. The number of carbonyl (C=O) groups excluding carboxylic acids is 1. The van der Waals surface area contributed by atoms with E-state index in [4.69, 9.17) is 5.11 Å². The quantitative estimate of drug-likeness (QED) is 0.707. The molecule has 1 rings (SSSR count). The number of nitrogens with zero attached hydrogens (tertiary/aromatic N) is 1. The Bertz CT molecular complexity index is 349. The van der Waals surface area contributed by atoms with Gasteiger partial charge in [0.15, 0.2) is 0 Å². The molecular formula is C14H26N2O4. The minimum absolute atomic E-state index is 0.0802. The van der Waals surface area contributed by atoms with Gasteiger partial charge in [0.05, 0.1) is 6.10 Å². The summed E-state index contributed by atoms with van der Waals surface area (Å²) in [7, 11) is 0. The third kappa shape index (κ3) is 4.10. The maximum atomic E-state index is 12.1. The largest absolute Gasteiger partial charge is 0.480 e. The number of rotatable bonds is 5. The molecule has 0 aromatic heterocycles. The molecule has 6 heteroatoms. The van der Waals surface area contributed by atoms with Crippen LogP contribution in [-0.4, -0.2) is 52.3 Å². The lowest BCUT2D eigenvalue weighted by Gasteiger charge is -2.27. The van der Waals surface area contributed by atoms with Crippen molar-refractivity contribution in [1.29, 1.82) is 0 Å². The van der Waals surface area contributed by atoms with Crippen LogP contribution in [0.3, 0.4) is 0 Å². The molecule has 0 aliphatic carbocycles. The first-order valence-electron chi connectivity index (χ1n) is 7.19. The summed E-state index contributed by atoms with van der Waals surface area (Å²) in [6, 6.07) is -1.33. The maximum Gasteiger partial charge on any atom is 0.326 e. The summed E-state index contributed by atoms with van der Waals surface area (Å²) in [5, 5.41) is 21.4. The molecule has 2 atom stereocenters. The van der Waals surface area contributed by atoms with Crippen LogP contribution in [0, 0.1) is 17.8 Å². The molecule has 0 radical (unpaired) electrons. The average molecular weight is 286 g/mol. The normalized spacial score (nSPS) is 22.9. The van der Waals surface area contributed by atoms with Crippen LogP contribution in [0.25, 0.3) is 0 Å². The van der Waals surface area contributed by atoms with Crippen molar-refractivity contribution in [2.24, 2.45) is 17.8 Å². The fourth-order valence-electron chi connectivity index (χ4n) is 2.82. The number of carbonyl (C=O) groups is 2. The molecule has 20 heavy (non-hydrogen) atoms. The van der Waals surface area contributed by atoms with Gasteiger partial charge in [-0.2, -0.15) is 0 Å². The molecule has 0 aromatic rings. The highest BCUT2D eigenvalue weighted by Crippen LogP contribution is 2.21. The van der Waals surface area contributed by atoms with Gasteiger partial charge in [-0.25, -0.2) is 9.59 Å². The van der Waals surface area contributed by atoms with E-state index in [1.54, 1.807) is 0 Å². The van der Waals surface area contributed by atoms with Gasteiger partial charge in [-0.15, -0.1) is 0 Å². The minimum Gasteiger partial charge on any atom is -0.480 e. The van der Waals surface area contributed by atoms with Crippen molar-refractivity contribution in [2.75, 3.05) is 13.1 Å². The molecule has 0 aromatic carbocycles. The second-order valence-corrected chi connectivity index (χ2v) is 6.23. The first-order valence-corrected chi connectivity index (χ1v) is 7.19. The first kappa shape index (κ1) is 16.8. The van der Waals surface area contributed by atoms with E-state index in [1.165, 1.54) is 4.90 Å². The van der Waals surface area contributed by atoms with E-state index in [0.717, 1.165) is 0 Å². The van der Waals surface area contributed by atoms with E-state index in [2.05, 4.69) is 33.0 Å². The Morgan fingerprint density at radius 1 is 1.25 bits per heavy atom. The zero-order valence-electron chi connectivity index (χ0n) is 12.7. The van der Waals surface area contributed by atoms with Gasteiger partial charge >= 0.3 is 12.0 Å². The number of nitrogens with one attached hydrogen (secondary N) is 1. The molecule has 1 unspecified atom stereocenters. The predicted molar refractivity (Wildman–Crippen MR) is 75.3 cm³/mol. The van der Waals surface area contributed by atoms with Crippen molar-refractivity contribution in [3.05, 3.63) is 0 Å². The molecule has 0 saturated carbocycles. The molecule has 6 nitrogen and oxygen atoms in total. The Kier molecular flexibility index (Phi) is 5.80. The van der Waals surface area contributed by atoms with Crippen molar-refractivity contribution in [3.63, 3.8) is 0 Å². The van der Waals surface area contributed by atoms with E-state index in [-0.39, 0.29) is 13.0 Å². The zero-order chi connectivity index (χ0) is 15.4. The van der Waals surface area contributed by atoms with E-state index < -0.39 is 24.1 Å². The van der Waals surface area contributed by atoms with Gasteiger partial charge in [-0.3, -0.25) is 0 Å². The summed E-state index contributed by atoms with van der Waals surface area (Å²) in [6.45, 7) is 9.03. The number of urea groups is 1. The van der Waals surface area contributed by atoms with E-state index in [9.17, 15) is 14.7 Å². The molecule has 1 fully saturated rings. The number of amides is 2. The molecule has 2 amide bonds. The number of hydrogen-bond acceptors (Lipinski definition) is 3. The monoisotopic (exact) mass is 286 g/mol. The van der Waals surface area contributed by atoms with Gasteiger partial charge in [-0.1, -0.05) is 27.7 Å². The summed E-state index contributed by atoms with van der Waals surface area (Å²) in [5.41, 5.74) is 0. The van der Waals surface area contributed by atoms with Crippen LogP contribution in [-0.2, 0) is 4.79 Å². The number of aliphatic carboxylic acids is 1. The Balaban J connectivity index is 2.59. The van der Waals surface area contributed by atoms with E-state index in [1.807, 2.05) is 0 Å². The summed E-state index contributed by atoms with van der Waals surface area (Å²) in [4.78, 5) is 24.4. The van der Waals surface area contributed by atoms with Crippen LogP contribution in [0.2, 0.25) is 0 Å². The number of aliphatic hydroxyl groups is 1. The Morgan fingerprint density at radius 2 is 1.80 bits per heavy atom. The zero-order valence-corrected chi connectivity index (χ0v) is 12.7. The molecule has 1 aliphatic rings. The van der Waals surface area contributed by atoms with Gasteiger partial charge in [0.1, 0.15) is 6.04 Å². The molecule has 116 valence electrons. The highest BCUT2D eigenvalue weighted by molar-refractivity contribution is 5.83. The van der Waals surface area contributed by atoms with Gasteiger partial charge in [-0.05, 0) is 17.8 Å². The SMILES string of the molecule is CC(C)C(CNC(=O)N1CC(O)C[C@H]1C(=O)O)C(C)C. The third-order valence-electron chi connectivity index (χ3n) is 4.03.